The van der Waals surface area contributed by atoms with E-state index in [1.807, 2.05) is 27.7 Å². The van der Waals surface area contributed by atoms with Crippen LogP contribution in [0.3, 0.4) is 0 Å². The topological polar surface area (TPSA) is 24.7 Å². The number of aliphatic imine (C=N–C) groups is 2. The van der Waals surface area contributed by atoms with Gasteiger partial charge < -0.3 is 0 Å². The molecule has 0 aliphatic carbocycles. The van der Waals surface area contributed by atoms with Crippen LogP contribution in [0.4, 0.5) is 0 Å². The maximum atomic E-state index is 5.88. The summed E-state index contributed by atoms with van der Waals surface area (Å²) in [7, 11) is 0. The van der Waals surface area contributed by atoms with Gasteiger partial charge in [-0.15, -0.1) is 0 Å². The number of halogens is 1. The maximum Gasteiger partial charge on any atom is 0.150 e. The van der Waals surface area contributed by atoms with Gasteiger partial charge >= 0.3 is 0 Å². The second-order valence-electron chi connectivity index (χ2n) is 3.43. The summed E-state index contributed by atoms with van der Waals surface area (Å²) in [6.45, 7) is 11.3. The van der Waals surface area contributed by atoms with Crippen LogP contribution in [0.15, 0.2) is 20.8 Å². The van der Waals surface area contributed by atoms with Crippen molar-refractivity contribution >= 4 is 24.5 Å². The van der Waals surface area contributed by atoms with Crippen LogP contribution >= 0.6 is 11.6 Å². The largest absolute Gasteiger partial charge is 0.265 e. The predicted molar refractivity (Wildman–Crippen MR) is 56.0 cm³/mol. The van der Waals surface area contributed by atoms with Crippen molar-refractivity contribution in [2.45, 2.75) is 27.7 Å². The summed E-state index contributed by atoms with van der Waals surface area (Å²) in [6.07, 6.45) is 1.64. The number of rotatable bonds is 2. The monoisotopic (exact) mass is 186 g/mol. The lowest BCUT2D eigenvalue weighted by Crippen LogP contribution is -2.08. The normalized spacial score (nSPS) is 14.8. The molecule has 68 valence electrons. The van der Waals surface area contributed by atoms with E-state index in [0.717, 1.165) is 5.70 Å². The highest BCUT2D eigenvalue weighted by Gasteiger charge is 2.19. The van der Waals surface area contributed by atoms with Gasteiger partial charge in [0.15, 0.2) is 5.16 Å². The summed E-state index contributed by atoms with van der Waals surface area (Å²) < 4.78 is 0. The molecule has 0 saturated heterocycles. The average molecular weight is 187 g/mol. The van der Waals surface area contributed by atoms with Crippen molar-refractivity contribution < 1.29 is 0 Å². The minimum Gasteiger partial charge on any atom is -0.265 e. The molecule has 0 aliphatic rings. The van der Waals surface area contributed by atoms with Crippen LogP contribution in [0, 0.1) is 5.41 Å². The minimum absolute atomic E-state index is 0.106. The molecule has 0 radical (unpaired) electrons. The Morgan fingerprint density at radius 1 is 1.42 bits per heavy atom. The van der Waals surface area contributed by atoms with Gasteiger partial charge in [-0.05, 0) is 13.6 Å². The molecule has 12 heavy (non-hydrogen) atoms. The van der Waals surface area contributed by atoms with Crippen LogP contribution in [0.1, 0.15) is 27.7 Å². The lowest BCUT2D eigenvalue weighted by atomic mass is 9.93. The molecular weight excluding hydrogens is 172 g/mol. The number of hydrogen-bond acceptors (Lipinski definition) is 2. The van der Waals surface area contributed by atoms with Crippen molar-refractivity contribution in [1.82, 2.24) is 0 Å². The van der Waals surface area contributed by atoms with Gasteiger partial charge in [-0.1, -0.05) is 32.4 Å². The van der Waals surface area contributed by atoms with Gasteiger partial charge in [0.1, 0.15) is 0 Å². The van der Waals surface area contributed by atoms with Crippen molar-refractivity contribution in [3.8, 4) is 0 Å². The molecule has 0 aliphatic heterocycles. The van der Waals surface area contributed by atoms with E-state index in [0.29, 0.717) is 5.16 Å². The van der Waals surface area contributed by atoms with Gasteiger partial charge in [-0.3, -0.25) is 4.99 Å². The summed E-state index contributed by atoms with van der Waals surface area (Å²) in [5.74, 6) is 0. The highest BCUT2D eigenvalue weighted by molar-refractivity contribution is 6.30. The first kappa shape index (κ1) is 11.4. The summed E-state index contributed by atoms with van der Waals surface area (Å²) in [4.78, 5) is 7.81. The van der Waals surface area contributed by atoms with E-state index in [9.17, 15) is 0 Å². The van der Waals surface area contributed by atoms with Crippen LogP contribution in [0.5, 0.6) is 0 Å². The number of hydrogen-bond donors (Lipinski definition) is 0. The quantitative estimate of drug-likeness (QED) is 0.467. The molecule has 0 bridgehead atoms. The molecule has 0 saturated carbocycles. The van der Waals surface area contributed by atoms with Crippen molar-refractivity contribution in [3.05, 3.63) is 10.9 Å². The van der Waals surface area contributed by atoms with E-state index in [1.165, 1.54) is 0 Å². The van der Waals surface area contributed by atoms with Gasteiger partial charge in [0.2, 0.25) is 0 Å². The maximum absolute atomic E-state index is 5.88. The fourth-order valence-corrected chi connectivity index (χ4v) is 1.23. The molecule has 0 amide bonds. The molecule has 3 heteroatoms. The molecule has 0 aromatic heterocycles. The third-order valence-electron chi connectivity index (χ3n) is 1.31. The fraction of sp³-hybridized carbons (Fsp3) is 0.556. The van der Waals surface area contributed by atoms with Crippen molar-refractivity contribution in [2.75, 3.05) is 0 Å². The molecule has 0 atom stereocenters. The highest BCUT2D eigenvalue weighted by Crippen LogP contribution is 2.30. The van der Waals surface area contributed by atoms with E-state index >= 15 is 0 Å². The highest BCUT2D eigenvalue weighted by atomic mass is 35.5. The van der Waals surface area contributed by atoms with E-state index < -0.39 is 0 Å². The van der Waals surface area contributed by atoms with Crippen molar-refractivity contribution in [3.63, 3.8) is 0 Å². The van der Waals surface area contributed by atoms with Crippen LogP contribution in [-0.2, 0) is 0 Å². The first-order valence-electron chi connectivity index (χ1n) is 3.79. The van der Waals surface area contributed by atoms with Gasteiger partial charge in [0.25, 0.3) is 0 Å². The smallest absolute Gasteiger partial charge is 0.150 e. The van der Waals surface area contributed by atoms with E-state index in [1.54, 1.807) is 6.21 Å². The van der Waals surface area contributed by atoms with Crippen LogP contribution in [0.25, 0.3) is 0 Å². The lowest BCUT2D eigenvalue weighted by Gasteiger charge is -2.18. The van der Waals surface area contributed by atoms with E-state index in [-0.39, 0.29) is 5.41 Å². The molecule has 0 aromatic carbocycles. The standard InChI is InChI=1S/C9H15ClN2/c1-6-12-8(10)7(11-5)9(2,3)4/h6H,5H2,1-4H3/b8-7-,12-6-. The molecule has 0 N–H and O–H groups in total. The Labute approximate surface area is 79.1 Å². The van der Waals surface area contributed by atoms with Gasteiger partial charge in [-0.2, -0.15) is 0 Å². The van der Waals surface area contributed by atoms with Crippen molar-refractivity contribution in [2.24, 2.45) is 15.4 Å². The summed E-state index contributed by atoms with van der Waals surface area (Å²) >= 11 is 5.88. The Balaban J connectivity index is 5.00. The Kier molecular flexibility index (Phi) is 4.18. The number of nitrogens with zero attached hydrogens (tertiary/aromatic N) is 2. The molecule has 0 rings (SSSR count). The SMILES string of the molecule is C=N/C(=C(Cl)\N=C/C)C(C)(C)C. The van der Waals surface area contributed by atoms with Crippen LogP contribution in [-0.4, -0.2) is 12.9 Å². The zero-order valence-electron chi connectivity index (χ0n) is 8.06. The molecule has 0 spiro atoms. The first-order chi connectivity index (χ1) is 5.43. The molecular formula is C9H15ClN2. The van der Waals surface area contributed by atoms with Crippen molar-refractivity contribution in [1.29, 1.82) is 0 Å². The molecule has 0 heterocycles. The summed E-state index contributed by atoms with van der Waals surface area (Å²) in [5, 5.41) is 0.417. The summed E-state index contributed by atoms with van der Waals surface area (Å²) in [5.41, 5.74) is 0.619. The van der Waals surface area contributed by atoms with Crippen LogP contribution in [0.2, 0.25) is 0 Å². The average Bonchev–Trinajstić information content (AvgIpc) is 1.85. The molecule has 0 aromatic rings. The zero-order valence-corrected chi connectivity index (χ0v) is 8.81. The molecule has 2 nitrogen and oxygen atoms in total. The minimum atomic E-state index is -0.106. The van der Waals surface area contributed by atoms with Gasteiger partial charge in [0, 0.05) is 11.6 Å². The third kappa shape index (κ3) is 3.18. The first-order valence-corrected chi connectivity index (χ1v) is 4.17. The van der Waals surface area contributed by atoms with Gasteiger partial charge in [-0.25, -0.2) is 4.99 Å². The molecule has 0 fully saturated rings. The van der Waals surface area contributed by atoms with E-state index in [4.69, 9.17) is 11.6 Å². The second-order valence-corrected chi connectivity index (χ2v) is 3.79. The zero-order chi connectivity index (χ0) is 9.78. The molecule has 0 unspecified atom stereocenters. The summed E-state index contributed by atoms with van der Waals surface area (Å²) in [6, 6.07) is 0. The second kappa shape index (κ2) is 4.41. The van der Waals surface area contributed by atoms with Gasteiger partial charge in [0.05, 0.1) is 5.70 Å². The van der Waals surface area contributed by atoms with Crippen LogP contribution < -0.4 is 0 Å². The third-order valence-corrected chi connectivity index (χ3v) is 1.58. The number of allylic oxidation sites excluding steroid dienone is 1. The fourth-order valence-electron chi connectivity index (χ4n) is 0.786. The Hall–Kier alpha value is -0.630. The predicted octanol–water partition coefficient (Wildman–Crippen LogP) is 3.23. The Morgan fingerprint density at radius 3 is 2.17 bits per heavy atom. The van der Waals surface area contributed by atoms with E-state index in [2.05, 4.69) is 16.7 Å². The lowest BCUT2D eigenvalue weighted by molar-refractivity contribution is 0.496. The Morgan fingerprint density at radius 2 is 1.92 bits per heavy atom. The Bertz CT molecular complexity index is 221.